The van der Waals surface area contributed by atoms with Crippen LogP contribution in [0, 0.1) is 12.8 Å². The lowest BCUT2D eigenvalue weighted by atomic mass is 9.93. The molecule has 7 heteroatoms. The van der Waals surface area contributed by atoms with Crippen molar-refractivity contribution in [2.24, 2.45) is 5.92 Å². The number of aromatic nitrogens is 1. The van der Waals surface area contributed by atoms with E-state index in [0.717, 1.165) is 37.4 Å². The number of hydrogen-bond donors (Lipinski definition) is 0. The van der Waals surface area contributed by atoms with Crippen LogP contribution in [0.5, 0.6) is 0 Å². The van der Waals surface area contributed by atoms with Crippen LogP contribution in [0.3, 0.4) is 0 Å². The van der Waals surface area contributed by atoms with Crippen LogP contribution < -0.4 is 0 Å². The first-order valence-electron chi connectivity index (χ1n) is 8.70. The second kappa shape index (κ2) is 8.07. The van der Waals surface area contributed by atoms with E-state index in [1.807, 2.05) is 22.1 Å². The lowest BCUT2D eigenvalue weighted by molar-refractivity contribution is -0.135. The number of ether oxygens (including phenoxy) is 1. The minimum Gasteiger partial charge on any atom is -0.378 e. The molecular formula is C17H25N3O3S. The normalized spacial score (nSPS) is 21.8. The van der Waals surface area contributed by atoms with E-state index in [-0.39, 0.29) is 11.8 Å². The van der Waals surface area contributed by atoms with Crippen LogP contribution in [-0.4, -0.2) is 66.0 Å². The molecule has 24 heavy (non-hydrogen) atoms. The smallest absolute Gasteiger partial charge is 0.273 e. The summed E-state index contributed by atoms with van der Waals surface area (Å²) in [5, 5.41) is 2.76. The zero-order valence-corrected chi connectivity index (χ0v) is 15.0. The largest absolute Gasteiger partial charge is 0.378 e. The average Bonchev–Trinajstić information content (AvgIpc) is 3.06. The number of rotatable bonds is 4. The van der Waals surface area contributed by atoms with E-state index in [2.05, 4.69) is 4.98 Å². The van der Waals surface area contributed by atoms with E-state index in [1.165, 1.54) is 11.3 Å². The molecule has 0 aliphatic carbocycles. The maximum atomic E-state index is 12.5. The van der Waals surface area contributed by atoms with E-state index in [4.69, 9.17) is 4.74 Å². The molecule has 2 saturated heterocycles. The number of morpholine rings is 1. The number of nitrogens with zero attached hydrogens (tertiary/aromatic N) is 3. The fourth-order valence-corrected chi connectivity index (χ4v) is 3.99. The quantitative estimate of drug-likeness (QED) is 0.832. The molecule has 0 N–H and O–H groups in total. The van der Waals surface area contributed by atoms with Crippen molar-refractivity contribution in [3.63, 3.8) is 0 Å². The minimum atomic E-state index is 0.0311. The first kappa shape index (κ1) is 17.4. The Labute approximate surface area is 146 Å². The summed E-state index contributed by atoms with van der Waals surface area (Å²) in [6.07, 6.45) is 3.53. The van der Waals surface area contributed by atoms with Gasteiger partial charge in [0.1, 0.15) is 5.69 Å². The molecule has 0 radical (unpaired) electrons. The Morgan fingerprint density at radius 1 is 1.29 bits per heavy atom. The van der Waals surface area contributed by atoms with Gasteiger partial charge in [-0.25, -0.2) is 4.98 Å². The molecule has 0 aromatic carbocycles. The van der Waals surface area contributed by atoms with Crippen LogP contribution in [0.4, 0.5) is 0 Å². The topological polar surface area (TPSA) is 62.7 Å². The number of aryl methyl sites for hydroxylation is 1. The van der Waals surface area contributed by atoms with Crippen molar-refractivity contribution in [2.45, 2.75) is 32.6 Å². The van der Waals surface area contributed by atoms with Gasteiger partial charge in [0, 0.05) is 38.0 Å². The van der Waals surface area contributed by atoms with Gasteiger partial charge in [-0.3, -0.25) is 9.59 Å². The molecule has 3 rings (SSSR count). The third-order valence-electron chi connectivity index (χ3n) is 4.77. The third kappa shape index (κ3) is 4.33. The summed E-state index contributed by atoms with van der Waals surface area (Å²) in [4.78, 5) is 32.9. The Morgan fingerprint density at radius 2 is 2.08 bits per heavy atom. The van der Waals surface area contributed by atoms with Gasteiger partial charge >= 0.3 is 0 Å². The van der Waals surface area contributed by atoms with Crippen molar-refractivity contribution in [1.82, 2.24) is 14.8 Å². The van der Waals surface area contributed by atoms with Gasteiger partial charge in [-0.15, -0.1) is 11.3 Å². The molecule has 2 fully saturated rings. The molecule has 1 aromatic rings. The van der Waals surface area contributed by atoms with Gasteiger partial charge in [-0.2, -0.15) is 0 Å². The first-order valence-corrected chi connectivity index (χ1v) is 9.58. The summed E-state index contributed by atoms with van der Waals surface area (Å²) in [5.74, 6) is 0.660. The second-order valence-electron chi connectivity index (χ2n) is 6.54. The number of carbonyl (C=O) groups is 2. The molecule has 132 valence electrons. The van der Waals surface area contributed by atoms with Gasteiger partial charge < -0.3 is 14.5 Å². The highest BCUT2D eigenvalue weighted by atomic mass is 32.1. The SMILES string of the molecule is Cc1nc(C(=O)N2CCC[C@H](CCC(=O)N3CCOCC3)C2)cs1. The van der Waals surface area contributed by atoms with Crippen LogP contribution >= 0.6 is 11.3 Å². The van der Waals surface area contributed by atoms with Crippen LogP contribution in [-0.2, 0) is 9.53 Å². The average molecular weight is 351 g/mol. The zero-order valence-electron chi connectivity index (χ0n) is 14.2. The van der Waals surface area contributed by atoms with Gasteiger partial charge in [-0.05, 0) is 32.1 Å². The fourth-order valence-electron chi connectivity index (χ4n) is 3.41. The molecule has 6 nitrogen and oxygen atoms in total. The summed E-state index contributed by atoms with van der Waals surface area (Å²) < 4.78 is 5.29. The van der Waals surface area contributed by atoms with E-state index in [9.17, 15) is 9.59 Å². The highest BCUT2D eigenvalue weighted by Crippen LogP contribution is 2.23. The molecule has 0 spiro atoms. The minimum absolute atomic E-state index is 0.0311. The Bertz CT molecular complexity index is 583. The van der Waals surface area contributed by atoms with E-state index in [1.54, 1.807) is 0 Å². The molecule has 1 aromatic heterocycles. The number of thiazole rings is 1. The maximum absolute atomic E-state index is 12.5. The Kier molecular flexibility index (Phi) is 5.84. The van der Waals surface area contributed by atoms with Gasteiger partial charge in [0.05, 0.1) is 18.2 Å². The summed E-state index contributed by atoms with van der Waals surface area (Å²) in [5.41, 5.74) is 0.558. The van der Waals surface area contributed by atoms with Crippen molar-refractivity contribution < 1.29 is 14.3 Å². The molecule has 3 heterocycles. The van der Waals surface area contributed by atoms with E-state index in [0.29, 0.717) is 44.3 Å². The number of likely N-dealkylation sites (tertiary alicyclic amines) is 1. The van der Waals surface area contributed by atoms with Crippen LogP contribution in [0.25, 0.3) is 0 Å². The van der Waals surface area contributed by atoms with Crippen molar-refractivity contribution >= 4 is 23.2 Å². The number of amides is 2. The highest BCUT2D eigenvalue weighted by Gasteiger charge is 2.26. The molecule has 2 amide bonds. The van der Waals surface area contributed by atoms with Crippen molar-refractivity contribution in [3.05, 3.63) is 16.1 Å². The van der Waals surface area contributed by atoms with Gasteiger partial charge in [0.2, 0.25) is 5.91 Å². The lowest BCUT2D eigenvalue weighted by Gasteiger charge is -2.33. The summed E-state index contributed by atoms with van der Waals surface area (Å²) in [7, 11) is 0. The van der Waals surface area contributed by atoms with Gasteiger partial charge in [0.25, 0.3) is 5.91 Å². The molecule has 0 saturated carbocycles. The molecule has 1 atom stereocenters. The van der Waals surface area contributed by atoms with Crippen molar-refractivity contribution in [1.29, 1.82) is 0 Å². The van der Waals surface area contributed by atoms with Crippen molar-refractivity contribution in [2.75, 3.05) is 39.4 Å². The monoisotopic (exact) mass is 351 g/mol. The van der Waals surface area contributed by atoms with Crippen LogP contribution in [0.15, 0.2) is 5.38 Å². The lowest BCUT2D eigenvalue weighted by Crippen LogP contribution is -2.42. The fraction of sp³-hybridized carbons (Fsp3) is 0.706. The predicted molar refractivity (Wildman–Crippen MR) is 92.1 cm³/mol. The summed E-state index contributed by atoms with van der Waals surface area (Å²) in [6.45, 7) is 6.15. The second-order valence-corrected chi connectivity index (χ2v) is 7.61. The molecule has 2 aliphatic rings. The van der Waals surface area contributed by atoms with Crippen LogP contribution in [0.2, 0.25) is 0 Å². The van der Waals surface area contributed by atoms with Gasteiger partial charge in [0.15, 0.2) is 0 Å². The predicted octanol–water partition coefficient (Wildman–Crippen LogP) is 1.94. The maximum Gasteiger partial charge on any atom is 0.273 e. The van der Waals surface area contributed by atoms with E-state index >= 15 is 0 Å². The molecular weight excluding hydrogens is 326 g/mol. The number of carbonyl (C=O) groups excluding carboxylic acids is 2. The summed E-state index contributed by atoms with van der Waals surface area (Å²) in [6, 6.07) is 0. The molecule has 0 bridgehead atoms. The van der Waals surface area contributed by atoms with Gasteiger partial charge in [-0.1, -0.05) is 0 Å². The Morgan fingerprint density at radius 3 is 2.79 bits per heavy atom. The number of hydrogen-bond acceptors (Lipinski definition) is 5. The Balaban J connectivity index is 1.48. The number of piperidine rings is 1. The third-order valence-corrected chi connectivity index (χ3v) is 5.55. The van der Waals surface area contributed by atoms with E-state index < -0.39 is 0 Å². The summed E-state index contributed by atoms with van der Waals surface area (Å²) >= 11 is 1.51. The molecule has 2 aliphatic heterocycles. The first-order chi connectivity index (χ1) is 11.6. The zero-order chi connectivity index (χ0) is 16.9. The molecule has 0 unspecified atom stereocenters. The van der Waals surface area contributed by atoms with Crippen molar-refractivity contribution in [3.8, 4) is 0 Å². The standard InChI is InChI=1S/C17H25N3O3S/c1-13-18-15(12-24-13)17(22)20-6-2-3-14(11-20)4-5-16(21)19-7-9-23-10-8-19/h12,14H,2-11H2,1H3/t14-/m1/s1. The Hall–Kier alpha value is -1.47. The van der Waals surface area contributed by atoms with Crippen LogP contribution in [0.1, 0.15) is 41.2 Å². The highest BCUT2D eigenvalue weighted by molar-refractivity contribution is 7.09.